The van der Waals surface area contributed by atoms with Crippen LogP contribution in [0.5, 0.6) is 5.75 Å². The van der Waals surface area contributed by atoms with Gasteiger partial charge in [0.2, 0.25) is 5.91 Å². The zero-order valence-corrected chi connectivity index (χ0v) is 17.3. The third-order valence-corrected chi connectivity index (χ3v) is 5.13. The van der Waals surface area contributed by atoms with E-state index >= 15 is 0 Å². The van der Waals surface area contributed by atoms with Gasteiger partial charge in [-0.1, -0.05) is 43.3 Å². The van der Waals surface area contributed by atoms with E-state index in [-0.39, 0.29) is 30.3 Å². The highest BCUT2D eigenvalue weighted by atomic mass is 35.5. The summed E-state index contributed by atoms with van der Waals surface area (Å²) in [6.07, 6.45) is 2.01. The maximum atomic E-state index is 12.8. The molecule has 2 atom stereocenters. The van der Waals surface area contributed by atoms with Crippen molar-refractivity contribution in [3.05, 3.63) is 59.7 Å². The van der Waals surface area contributed by atoms with Crippen molar-refractivity contribution in [1.82, 2.24) is 4.90 Å². The van der Waals surface area contributed by atoms with Crippen molar-refractivity contribution >= 4 is 30.1 Å². The van der Waals surface area contributed by atoms with Gasteiger partial charge in [-0.15, -0.1) is 24.2 Å². The molecule has 0 aromatic heterocycles. The highest BCUT2D eigenvalue weighted by molar-refractivity contribution is 7.98. The average molecular weight is 395 g/mol. The minimum atomic E-state index is -0.315. The number of amides is 1. The molecule has 4 nitrogen and oxygen atoms in total. The Kier molecular flexibility index (Phi) is 8.99. The first-order valence-corrected chi connectivity index (χ1v) is 9.46. The van der Waals surface area contributed by atoms with Crippen molar-refractivity contribution in [3.8, 4) is 5.75 Å². The Morgan fingerprint density at radius 2 is 1.88 bits per heavy atom. The van der Waals surface area contributed by atoms with E-state index in [1.54, 1.807) is 23.8 Å². The Morgan fingerprint density at radius 3 is 2.46 bits per heavy atom. The first-order valence-electron chi connectivity index (χ1n) is 8.24. The molecule has 6 heteroatoms. The van der Waals surface area contributed by atoms with Crippen LogP contribution in [0.2, 0.25) is 0 Å². The molecule has 2 aromatic rings. The van der Waals surface area contributed by atoms with Crippen LogP contribution in [0.3, 0.4) is 0 Å². The summed E-state index contributed by atoms with van der Waals surface area (Å²) in [5.74, 6) is 0.573. The zero-order valence-electron chi connectivity index (χ0n) is 15.6. The molecule has 1 amide bonds. The number of nitrogens with zero attached hydrogens (tertiary/aromatic N) is 1. The maximum Gasteiger partial charge on any atom is 0.227 e. The first kappa shape index (κ1) is 22.4. The van der Waals surface area contributed by atoms with E-state index < -0.39 is 0 Å². The number of methoxy groups -OCH3 is 1. The van der Waals surface area contributed by atoms with Crippen LogP contribution in [0.1, 0.15) is 24.1 Å². The normalized spacial score (nSPS) is 12.7. The van der Waals surface area contributed by atoms with E-state index in [0.717, 1.165) is 21.8 Å². The summed E-state index contributed by atoms with van der Waals surface area (Å²) in [5.41, 5.74) is 8.29. The van der Waals surface area contributed by atoms with Gasteiger partial charge in [0.1, 0.15) is 5.75 Å². The maximum absolute atomic E-state index is 12.8. The molecule has 0 spiro atoms. The number of nitrogens with two attached hydrogens (primary N) is 1. The van der Waals surface area contributed by atoms with Crippen molar-refractivity contribution in [2.45, 2.75) is 24.4 Å². The highest BCUT2D eigenvalue weighted by Gasteiger charge is 2.25. The van der Waals surface area contributed by atoms with Gasteiger partial charge in [0.05, 0.1) is 13.0 Å². The Balaban J connectivity index is 0.00000338. The number of carbonyl (C=O) groups excluding carboxylic acids is 1. The van der Waals surface area contributed by atoms with Gasteiger partial charge >= 0.3 is 0 Å². The Bertz CT molecular complexity index is 712. The van der Waals surface area contributed by atoms with Gasteiger partial charge in [0, 0.05) is 24.5 Å². The van der Waals surface area contributed by atoms with E-state index in [1.165, 1.54) is 0 Å². The number of carbonyl (C=O) groups is 1. The monoisotopic (exact) mass is 394 g/mol. The minimum Gasteiger partial charge on any atom is -0.496 e. The Labute approximate surface area is 166 Å². The lowest BCUT2D eigenvalue weighted by Gasteiger charge is -2.26. The van der Waals surface area contributed by atoms with Gasteiger partial charge in [0.25, 0.3) is 0 Å². The first-order chi connectivity index (χ1) is 12.0. The fourth-order valence-electron chi connectivity index (χ4n) is 2.80. The van der Waals surface area contributed by atoms with Crippen LogP contribution in [0.4, 0.5) is 0 Å². The molecule has 0 saturated heterocycles. The van der Waals surface area contributed by atoms with E-state index in [1.807, 2.05) is 68.8 Å². The minimum absolute atomic E-state index is 0. The van der Waals surface area contributed by atoms with Crippen molar-refractivity contribution in [2.24, 2.45) is 11.7 Å². The summed E-state index contributed by atoms with van der Waals surface area (Å²) in [5, 5.41) is 0. The standard InChI is InChI=1S/C20H26N2O2S.ClH/c1-14(19(21)16-8-6-5-7-9-16)20(23)22(2)13-15-10-11-18(25-4)17(12-15)24-3;/h5-12,14,19H,13,21H2,1-4H3;1H. The van der Waals surface area contributed by atoms with Crippen LogP contribution < -0.4 is 10.5 Å². The van der Waals surface area contributed by atoms with Gasteiger partial charge in [-0.05, 0) is 29.5 Å². The summed E-state index contributed by atoms with van der Waals surface area (Å²) < 4.78 is 5.42. The molecule has 0 aliphatic carbocycles. The molecule has 0 heterocycles. The van der Waals surface area contributed by atoms with Gasteiger partial charge < -0.3 is 15.4 Å². The van der Waals surface area contributed by atoms with E-state index in [4.69, 9.17) is 10.5 Å². The summed E-state index contributed by atoms with van der Waals surface area (Å²) in [4.78, 5) is 15.6. The smallest absolute Gasteiger partial charge is 0.227 e. The molecule has 2 unspecified atom stereocenters. The Morgan fingerprint density at radius 1 is 1.23 bits per heavy atom. The summed E-state index contributed by atoms with van der Waals surface area (Å²) in [6, 6.07) is 15.5. The number of rotatable bonds is 7. The molecule has 142 valence electrons. The molecule has 0 saturated carbocycles. The van der Waals surface area contributed by atoms with Gasteiger partial charge in [-0.2, -0.15) is 0 Å². The topological polar surface area (TPSA) is 55.6 Å². The number of thioether (sulfide) groups is 1. The Hall–Kier alpha value is -1.69. The van der Waals surface area contributed by atoms with Crippen molar-refractivity contribution < 1.29 is 9.53 Å². The highest BCUT2D eigenvalue weighted by Crippen LogP contribution is 2.29. The van der Waals surface area contributed by atoms with Crippen LogP contribution in [0.15, 0.2) is 53.4 Å². The third kappa shape index (κ3) is 5.40. The summed E-state index contributed by atoms with van der Waals surface area (Å²) in [7, 11) is 3.47. The van der Waals surface area contributed by atoms with Gasteiger partial charge in [-0.25, -0.2) is 0 Å². The molecular formula is C20H27ClN2O2S. The lowest BCUT2D eigenvalue weighted by molar-refractivity contribution is -0.134. The average Bonchev–Trinajstić information content (AvgIpc) is 2.66. The van der Waals surface area contributed by atoms with Gasteiger partial charge in [0.15, 0.2) is 0 Å². The molecule has 0 radical (unpaired) electrons. The molecule has 2 aromatic carbocycles. The van der Waals surface area contributed by atoms with Crippen LogP contribution in [0.25, 0.3) is 0 Å². The molecule has 0 bridgehead atoms. The zero-order chi connectivity index (χ0) is 18.4. The number of hydrogen-bond donors (Lipinski definition) is 1. The summed E-state index contributed by atoms with van der Waals surface area (Å²) in [6.45, 7) is 2.41. The largest absolute Gasteiger partial charge is 0.496 e. The van der Waals surface area contributed by atoms with E-state index in [2.05, 4.69) is 0 Å². The molecule has 0 fully saturated rings. The molecule has 0 aliphatic heterocycles. The molecule has 2 N–H and O–H groups in total. The lowest BCUT2D eigenvalue weighted by Crippen LogP contribution is -2.36. The second-order valence-electron chi connectivity index (χ2n) is 6.11. The SMILES string of the molecule is COc1cc(CN(C)C(=O)C(C)C(N)c2ccccc2)ccc1SC.Cl. The summed E-state index contributed by atoms with van der Waals surface area (Å²) >= 11 is 1.64. The van der Waals surface area contributed by atoms with Crippen molar-refractivity contribution in [1.29, 1.82) is 0 Å². The second-order valence-corrected chi connectivity index (χ2v) is 6.96. The molecule has 26 heavy (non-hydrogen) atoms. The fourth-order valence-corrected chi connectivity index (χ4v) is 3.34. The molecular weight excluding hydrogens is 368 g/mol. The number of benzene rings is 2. The second kappa shape index (κ2) is 10.5. The van der Waals surface area contributed by atoms with Crippen LogP contribution in [0, 0.1) is 5.92 Å². The van der Waals surface area contributed by atoms with E-state index in [0.29, 0.717) is 6.54 Å². The van der Waals surface area contributed by atoms with Crippen molar-refractivity contribution in [3.63, 3.8) is 0 Å². The molecule has 0 aliphatic rings. The molecule has 2 rings (SSSR count). The van der Waals surface area contributed by atoms with Crippen LogP contribution >= 0.6 is 24.2 Å². The van der Waals surface area contributed by atoms with Crippen molar-refractivity contribution in [2.75, 3.05) is 20.4 Å². The van der Waals surface area contributed by atoms with Crippen LogP contribution in [-0.4, -0.2) is 31.2 Å². The number of hydrogen-bond acceptors (Lipinski definition) is 4. The fraction of sp³-hybridized carbons (Fsp3) is 0.350. The van der Waals surface area contributed by atoms with E-state index in [9.17, 15) is 4.79 Å². The quantitative estimate of drug-likeness (QED) is 0.717. The van der Waals surface area contributed by atoms with Crippen LogP contribution in [-0.2, 0) is 11.3 Å². The van der Waals surface area contributed by atoms with Gasteiger partial charge in [-0.3, -0.25) is 4.79 Å². The number of halogens is 1. The lowest BCUT2D eigenvalue weighted by atomic mass is 9.94. The predicted octanol–water partition coefficient (Wildman–Crippen LogP) is 4.13. The predicted molar refractivity (Wildman–Crippen MR) is 111 cm³/mol. The third-order valence-electron chi connectivity index (χ3n) is 4.36. The number of ether oxygens (including phenoxy) is 1.